The summed E-state index contributed by atoms with van der Waals surface area (Å²) in [7, 11) is 0. The van der Waals surface area contributed by atoms with Crippen molar-refractivity contribution in [1.29, 1.82) is 0 Å². The van der Waals surface area contributed by atoms with Crippen molar-refractivity contribution in [3.05, 3.63) is 29.8 Å². The van der Waals surface area contributed by atoms with Gasteiger partial charge in [0.05, 0.1) is 6.42 Å². The molecule has 0 aliphatic rings. The number of aromatic hydroxyl groups is 1. The van der Waals surface area contributed by atoms with Crippen LogP contribution in [0.15, 0.2) is 24.3 Å². The smallest absolute Gasteiger partial charge is 0.242 e. The highest BCUT2D eigenvalue weighted by molar-refractivity contribution is 5.83. The average Bonchev–Trinajstić information content (AvgIpc) is 2.76. The molecule has 1 aromatic carbocycles. The quantitative estimate of drug-likeness (QED) is 0.187. The number of benzene rings is 1. The van der Waals surface area contributed by atoms with Gasteiger partial charge >= 0.3 is 0 Å². The molecule has 31 heavy (non-hydrogen) atoms. The van der Waals surface area contributed by atoms with Gasteiger partial charge in [0.15, 0.2) is 0 Å². The Kier molecular flexibility index (Phi) is 16.3. The highest BCUT2D eigenvalue weighted by Crippen LogP contribution is 2.14. The zero-order chi connectivity index (χ0) is 22.6. The summed E-state index contributed by atoms with van der Waals surface area (Å²) >= 11 is 0. The maximum absolute atomic E-state index is 11.8. The van der Waals surface area contributed by atoms with Gasteiger partial charge in [-0.25, -0.2) is 0 Å². The average molecular weight is 433 g/mol. The first-order valence-corrected chi connectivity index (χ1v) is 12.5. The molecule has 5 nitrogen and oxygen atoms in total. The number of carbonyl (C=O) groups excluding carboxylic acids is 2. The van der Waals surface area contributed by atoms with E-state index in [9.17, 15) is 14.7 Å². The van der Waals surface area contributed by atoms with E-state index < -0.39 is 0 Å². The Morgan fingerprint density at radius 2 is 1.06 bits per heavy atom. The zero-order valence-electron chi connectivity index (χ0n) is 19.6. The van der Waals surface area contributed by atoms with E-state index in [1.165, 1.54) is 95.6 Å². The summed E-state index contributed by atoms with van der Waals surface area (Å²) < 4.78 is 0. The van der Waals surface area contributed by atoms with Crippen molar-refractivity contribution in [2.24, 2.45) is 0 Å². The van der Waals surface area contributed by atoms with Crippen LogP contribution in [0.5, 0.6) is 5.75 Å². The minimum Gasteiger partial charge on any atom is -0.508 e. The second kappa shape index (κ2) is 18.7. The van der Waals surface area contributed by atoms with Crippen molar-refractivity contribution in [2.75, 3.05) is 0 Å². The van der Waals surface area contributed by atoms with Gasteiger partial charge in [-0.2, -0.15) is 0 Å². The lowest BCUT2D eigenvalue weighted by Gasteiger charge is -2.07. The number of unbranched alkanes of at least 4 members (excludes halogenated alkanes) is 14. The van der Waals surface area contributed by atoms with Gasteiger partial charge in [0.1, 0.15) is 5.75 Å². The van der Waals surface area contributed by atoms with Crippen LogP contribution < -0.4 is 10.9 Å². The van der Waals surface area contributed by atoms with Crippen LogP contribution in [-0.2, 0) is 16.0 Å². The van der Waals surface area contributed by atoms with Gasteiger partial charge in [0.25, 0.3) is 0 Å². The Morgan fingerprint density at radius 3 is 1.55 bits per heavy atom. The van der Waals surface area contributed by atoms with Crippen LogP contribution in [0.1, 0.15) is 115 Å². The summed E-state index contributed by atoms with van der Waals surface area (Å²) in [5.41, 5.74) is 5.71. The van der Waals surface area contributed by atoms with E-state index in [0.29, 0.717) is 6.42 Å². The highest BCUT2D eigenvalue weighted by Gasteiger charge is 2.06. The van der Waals surface area contributed by atoms with Crippen LogP contribution in [0, 0.1) is 0 Å². The van der Waals surface area contributed by atoms with E-state index in [1.807, 2.05) is 0 Å². The van der Waals surface area contributed by atoms with Crippen LogP contribution in [0.4, 0.5) is 0 Å². The molecule has 1 aromatic rings. The molecule has 0 spiro atoms. The first kappa shape index (κ1) is 27.0. The summed E-state index contributed by atoms with van der Waals surface area (Å²) in [5, 5.41) is 9.24. The molecular formula is C26H44N2O3. The zero-order valence-corrected chi connectivity index (χ0v) is 19.6. The minimum atomic E-state index is -0.268. The predicted molar refractivity (Wildman–Crippen MR) is 128 cm³/mol. The number of hydrogen-bond donors (Lipinski definition) is 3. The van der Waals surface area contributed by atoms with Gasteiger partial charge in [-0.1, -0.05) is 109 Å². The number of nitrogens with one attached hydrogen (secondary N) is 2. The third-order valence-corrected chi connectivity index (χ3v) is 5.65. The Hall–Kier alpha value is -2.04. The Bertz CT molecular complexity index is 587. The molecule has 176 valence electrons. The molecule has 2 amide bonds. The van der Waals surface area contributed by atoms with Crippen LogP contribution in [0.25, 0.3) is 0 Å². The molecule has 0 atom stereocenters. The largest absolute Gasteiger partial charge is 0.508 e. The van der Waals surface area contributed by atoms with E-state index >= 15 is 0 Å². The lowest BCUT2D eigenvalue weighted by atomic mass is 10.0. The normalized spacial score (nSPS) is 10.7. The monoisotopic (exact) mass is 432 g/mol. The third-order valence-electron chi connectivity index (χ3n) is 5.65. The molecule has 0 saturated heterocycles. The van der Waals surface area contributed by atoms with Crippen molar-refractivity contribution >= 4 is 11.8 Å². The molecule has 0 radical (unpaired) electrons. The number of hydrogen-bond acceptors (Lipinski definition) is 3. The van der Waals surface area contributed by atoms with Gasteiger partial charge in [-0.3, -0.25) is 20.4 Å². The highest BCUT2D eigenvalue weighted by atomic mass is 16.3. The number of phenolic OH excluding ortho intramolecular Hbond substituents is 1. The van der Waals surface area contributed by atoms with Crippen LogP contribution >= 0.6 is 0 Å². The van der Waals surface area contributed by atoms with Crippen molar-refractivity contribution in [3.63, 3.8) is 0 Å². The molecule has 0 aromatic heterocycles. The van der Waals surface area contributed by atoms with E-state index in [4.69, 9.17) is 0 Å². The van der Waals surface area contributed by atoms with E-state index in [-0.39, 0.29) is 24.0 Å². The van der Waals surface area contributed by atoms with Crippen LogP contribution in [0.3, 0.4) is 0 Å². The van der Waals surface area contributed by atoms with Crippen molar-refractivity contribution in [3.8, 4) is 5.75 Å². The summed E-state index contributed by atoms with van der Waals surface area (Å²) in [5.74, 6) is -0.245. The van der Waals surface area contributed by atoms with E-state index in [2.05, 4.69) is 17.8 Å². The molecule has 0 bridgehead atoms. The SMILES string of the molecule is CCCCCCCCCCCCCCCCCC(=O)NNC(=O)Cc1ccc(O)cc1. The van der Waals surface area contributed by atoms with Crippen LogP contribution in [0.2, 0.25) is 0 Å². The Labute approximate surface area is 189 Å². The fourth-order valence-corrected chi connectivity index (χ4v) is 3.70. The second-order valence-corrected chi connectivity index (χ2v) is 8.64. The lowest BCUT2D eigenvalue weighted by Crippen LogP contribution is -2.42. The molecule has 1 rings (SSSR count). The van der Waals surface area contributed by atoms with Crippen molar-refractivity contribution < 1.29 is 14.7 Å². The summed E-state index contributed by atoms with van der Waals surface area (Å²) in [6.07, 6.45) is 20.1. The standard InChI is InChI=1S/C26H44N2O3/c1-2-3-4-5-6-7-8-9-10-11-12-13-14-15-16-17-25(30)27-28-26(31)22-23-18-20-24(29)21-19-23/h18-21,29H,2-17,22H2,1H3,(H,27,30)(H,28,31). The summed E-state index contributed by atoms with van der Waals surface area (Å²) in [4.78, 5) is 23.6. The van der Waals surface area contributed by atoms with Gasteiger partial charge in [-0.05, 0) is 24.1 Å². The fraction of sp³-hybridized carbons (Fsp3) is 0.692. The number of rotatable bonds is 18. The van der Waals surface area contributed by atoms with Crippen molar-refractivity contribution in [2.45, 2.75) is 116 Å². The predicted octanol–water partition coefficient (Wildman–Crippen LogP) is 6.34. The molecule has 0 heterocycles. The molecular weight excluding hydrogens is 388 g/mol. The number of hydrazine groups is 1. The minimum absolute atomic E-state index is 0.145. The topological polar surface area (TPSA) is 78.4 Å². The molecule has 0 aliphatic heterocycles. The molecule has 0 fully saturated rings. The molecule has 0 aliphatic carbocycles. The van der Waals surface area contributed by atoms with E-state index in [1.54, 1.807) is 12.1 Å². The summed E-state index contributed by atoms with van der Waals surface area (Å²) in [6.45, 7) is 2.27. The van der Waals surface area contributed by atoms with E-state index in [0.717, 1.165) is 18.4 Å². The van der Waals surface area contributed by atoms with Gasteiger partial charge in [-0.15, -0.1) is 0 Å². The molecule has 0 unspecified atom stereocenters. The maximum Gasteiger partial charge on any atom is 0.242 e. The van der Waals surface area contributed by atoms with Gasteiger partial charge < -0.3 is 5.11 Å². The second-order valence-electron chi connectivity index (χ2n) is 8.64. The fourth-order valence-electron chi connectivity index (χ4n) is 3.70. The third kappa shape index (κ3) is 16.3. The Morgan fingerprint density at radius 1 is 0.645 bits per heavy atom. The first-order chi connectivity index (χ1) is 15.1. The number of carbonyl (C=O) groups is 2. The number of phenols is 1. The lowest BCUT2D eigenvalue weighted by molar-refractivity contribution is -0.128. The summed E-state index contributed by atoms with van der Waals surface area (Å²) in [6, 6.07) is 6.45. The molecule has 0 saturated carbocycles. The van der Waals surface area contributed by atoms with Gasteiger partial charge in [0, 0.05) is 6.42 Å². The first-order valence-electron chi connectivity index (χ1n) is 12.5. The number of amides is 2. The maximum atomic E-state index is 11.8. The van der Waals surface area contributed by atoms with Crippen molar-refractivity contribution in [1.82, 2.24) is 10.9 Å². The Balaban J connectivity index is 1.85. The molecule has 5 heteroatoms. The van der Waals surface area contributed by atoms with Gasteiger partial charge in [0.2, 0.25) is 11.8 Å². The molecule has 3 N–H and O–H groups in total. The van der Waals surface area contributed by atoms with Crippen LogP contribution in [-0.4, -0.2) is 16.9 Å².